The van der Waals surface area contributed by atoms with E-state index >= 15 is 0 Å². The number of nitrogens with one attached hydrogen (secondary N) is 1. The lowest BCUT2D eigenvalue weighted by atomic mass is 10.2. The van der Waals surface area contributed by atoms with Crippen LogP contribution in [0.5, 0.6) is 0 Å². The van der Waals surface area contributed by atoms with Gasteiger partial charge in [-0.3, -0.25) is 4.68 Å². The molecule has 0 aliphatic rings. The fraction of sp³-hybridized carbons (Fsp3) is 0.357. The van der Waals surface area contributed by atoms with E-state index in [1.54, 1.807) is 0 Å². The van der Waals surface area contributed by atoms with E-state index in [9.17, 15) is 0 Å². The number of halogens is 1. The van der Waals surface area contributed by atoms with Crippen molar-refractivity contribution in [2.75, 3.05) is 0 Å². The third-order valence-electron chi connectivity index (χ3n) is 2.69. The maximum atomic E-state index is 4.32. The normalized spacial score (nSPS) is 10.4. The first-order valence-corrected chi connectivity index (χ1v) is 6.03. The predicted octanol–water partition coefficient (Wildman–Crippen LogP) is 3.18. The highest BCUT2D eigenvalue weighted by atomic mass is 35.5. The molecule has 0 bridgehead atoms. The third kappa shape index (κ3) is 4.17. The average Bonchev–Trinajstić information content (AvgIpc) is 2.79. The first kappa shape index (κ1) is 14.7. The molecule has 0 radical (unpaired) electrons. The van der Waals surface area contributed by atoms with Crippen molar-refractivity contribution < 1.29 is 0 Å². The molecule has 2 aromatic rings. The van der Waals surface area contributed by atoms with Crippen LogP contribution in [-0.4, -0.2) is 9.78 Å². The van der Waals surface area contributed by atoms with Crippen LogP contribution in [0.15, 0.2) is 42.7 Å². The molecule has 0 saturated carbocycles. The Morgan fingerprint density at radius 2 is 1.78 bits per heavy atom. The number of hydrogen-bond donors (Lipinski definition) is 1. The average molecular weight is 266 g/mol. The van der Waals surface area contributed by atoms with E-state index in [1.165, 1.54) is 11.1 Å². The number of nitrogens with zero attached hydrogens (tertiary/aromatic N) is 2. The first-order chi connectivity index (χ1) is 8.25. The molecule has 0 saturated heterocycles. The summed E-state index contributed by atoms with van der Waals surface area (Å²) in [5, 5.41) is 7.73. The van der Waals surface area contributed by atoms with Crippen LogP contribution in [0.2, 0.25) is 0 Å². The molecule has 0 amide bonds. The molecule has 1 aromatic carbocycles. The molecule has 0 atom stereocenters. The quantitative estimate of drug-likeness (QED) is 0.900. The van der Waals surface area contributed by atoms with Gasteiger partial charge >= 0.3 is 0 Å². The van der Waals surface area contributed by atoms with Gasteiger partial charge in [-0.05, 0) is 19.4 Å². The topological polar surface area (TPSA) is 29.9 Å². The van der Waals surface area contributed by atoms with Crippen LogP contribution < -0.4 is 5.32 Å². The third-order valence-corrected chi connectivity index (χ3v) is 2.69. The van der Waals surface area contributed by atoms with E-state index in [1.807, 2.05) is 16.9 Å². The van der Waals surface area contributed by atoms with E-state index in [-0.39, 0.29) is 12.4 Å². The largest absolute Gasteiger partial charge is 0.309 e. The highest BCUT2D eigenvalue weighted by Crippen LogP contribution is 2.05. The number of hydrogen-bond acceptors (Lipinski definition) is 2. The molecule has 0 spiro atoms. The van der Waals surface area contributed by atoms with Crippen molar-refractivity contribution in [1.29, 1.82) is 0 Å². The molecule has 0 aliphatic heterocycles. The smallest absolute Gasteiger partial charge is 0.0534 e. The Kier molecular flexibility index (Phi) is 5.89. The monoisotopic (exact) mass is 265 g/mol. The van der Waals surface area contributed by atoms with Crippen molar-refractivity contribution >= 4 is 12.4 Å². The summed E-state index contributed by atoms with van der Waals surface area (Å²) < 4.78 is 1.99. The highest BCUT2D eigenvalue weighted by molar-refractivity contribution is 5.85. The maximum absolute atomic E-state index is 4.32. The summed E-state index contributed by atoms with van der Waals surface area (Å²) in [4.78, 5) is 0. The first-order valence-electron chi connectivity index (χ1n) is 6.03. The summed E-state index contributed by atoms with van der Waals surface area (Å²) in [7, 11) is 0. The van der Waals surface area contributed by atoms with Crippen molar-refractivity contribution in [2.24, 2.45) is 0 Å². The van der Waals surface area contributed by atoms with Gasteiger partial charge in [-0.25, -0.2) is 0 Å². The highest BCUT2D eigenvalue weighted by Gasteiger charge is 2.01. The standard InChI is InChI=1S/C14H19N3.ClH/c1-12(2)17-11-14(10-16-17)9-15-8-13-6-4-3-5-7-13;/h3-7,10-12,15H,8-9H2,1-2H3;1H. The maximum Gasteiger partial charge on any atom is 0.0534 e. The van der Waals surface area contributed by atoms with Gasteiger partial charge in [-0.1, -0.05) is 30.3 Å². The van der Waals surface area contributed by atoms with Crippen molar-refractivity contribution in [2.45, 2.75) is 33.0 Å². The number of benzene rings is 1. The van der Waals surface area contributed by atoms with Gasteiger partial charge in [-0.15, -0.1) is 12.4 Å². The molecule has 18 heavy (non-hydrogen) atoms. The van der Waals surface area contributed by atoms with Gasteiger partial charge in [0.05, 0.1) is 6.20 Å². The molecule has 0 fully saturated rings. The van der Waals surface area contributed by atoms with Crippen LogP contribution in [0, 0.1) is 0 Å². The van der Waals surface area contributed by atoms with Crippen molar-refractivity contribution in [1.82, 2.24) is 15.1 Å². The fourth-order valence-electron chi connectivity index (χ4n) is 1.70. The summed E-state index contributed by atoms with van der Waals surface area (Å²) in [5.74, 6) is 0. The molecule has 1 N–H and O–H groups in total. The summed E-state index contributed by atoms with van der Waals surface area (Å²) in [6.07, 6.45) is 4.03. The molecule has 98 valence electrons. The van der Waals surface area contributed by atoms with Crippen LogP contribution in [-0.2, 0) is 13.1 Å². The van der Waals surface area contributed by atoms with Gasteiger partial charge < -0.3 is 5.32 Å². The Balaban J connectivity index is 0.00000162. The van der Waals surface area contributed by atoms with Gasteiger partial charge in [0.25, 0.3) is 0 Å². The molecule has 3 nitrogen and oxygen atoms in total. The lowest BCUT2D eigenvalue weighted by Gasteiger charge is -2.04. The molecule has 0 aliphatic carbocycles. The van der Waals surface area contributed by atoms with E-state index in [0.29, 0.717) is 6.04 Å². The number of rotatable bonds is 5. The van der Waals surface area contributed by atoms with Gasteiger partial charge in [-0.2, -0.15) is 5.10 Å². The predicted molar refractivity (Wildman–Crippen MR) is 76.8 cm³/mol. The minimum absolute atomic E-state index is 0. The zero-order valence-electron chi connectivity index (χ0n) is 10.8. The summed E-state index contributed by atoms with van der Waals surface area (Å²) in [6, 6.07) is 10.9. The van der Waals surface area contributed by atoms with Crippen LogP contribution in [0.25, 0.3) is 0 Å². The Labute approximate surface area is 115 Å². The van der Waals surface area contributed by atoms with E-state index in [2.05, 4.69) is 54.7 Å². The van der Waals surface area contributed by atoms with Crippen molar-refractivity contribution in [3.05, 3.63) is 53.9 Å². The Hall–Kier alpha value is -1.32. The van der Waals surface area contributed by atoms with E-state index in [4.69, 9.17) is 0 Å². The van der Waals surface area contributed by atoms with Crippen molar-refractivity contribution in [3.8, 4) is 0 Å². The molecular formula is C14H20ClN3. The van der Waals surface area contributed by atoms with Crippen LogP contribution in [0.1, 0.15) is 31.0 Å². The summed E-state index contributed by atoms with van der Waals surface area (Å²) >= 11 is 0. The van der Waals surface area contributed by atoms with Gasteiger partial charge in [0.15, 0.2) is 0 Å². The second kappa shape index (κ2) is 7.19. The lowest BCUT2D eigenvalue weighted by Crippen LogP contribution is -2.12. The molecule has 2 rings (SSSR count). The zero-order valence-corrected chi connectivity index (χ0v) is 11.7. The lowest BCUT2D eigenvalue weighted by molar-refractivity contribution is 0.531. The van der Waals surface area contributed by atoms with E-state index in [0.717, 1.165) is 13.1 Å². The van der Waals surface area contributed by atoms with E-state index < -0.39 is 0 Å². The Morgan fingerprint density at radius 3 is 2.39 bits per heavy atom. The van der Waals surface area contributed by atoms with Gasteiger partial charge in [0.2, 0.25) is 0 Å². The van der Waals surface area contributed by atoms with Crippen molar-refractivity contribution in [3.63, 3.8) is 0 Å². The van der Waals surface area contributed by atoms with Gasteiger partial charge in [0, 0.05) is 30.9 Å². The molecule has 1 aromatic heterocycles. The SMILES string of the molecule is CC(C)n1cc(CNCc2ccccc2)cn1.Cl. The minimum Gasteiger partial charge on any atom is -0.309 e. The summed E-state index contributed by atoms with van der Waals surface area (Å²) in [5.41, 5.74) is 2.54. The zero-order chi connectivity index (χ0) is 12.1. The minimum atomic E-state index is 0. The van der Waals surface area contributed by atoms with Crippen LogP contribution in [0.4, 0.5) is 0 Å². The van der Waals surface area contributed by atoms with Crippen LogP contribution in [0.3, 0.4) is 0 Å². The van der Waals surface area contributed by atoms with Gasteiger partial charge in [0.1, 0.15) is 0 Å². The second-order valence-electron chi connectivity index (χ2n) is 4.51. The molecule has 1 heterocycles. The van der Waals surface area contributed by atoms with Crippen LogP contribution >= 0.6 is 12.4 Å². The Bertz CT molecular complexity index is 451. The molecular weight excluding hydrogens is 246 g/mol. The number of aromatic nitrogens is 2. The fourth-order valence-corrected chi connectivity index (χ4v) is 1.70. The second-order valence-corrected chi connectivity index (χ2v) is 4.51. The summed E-state index contributed by atoms with van der Waals surface area (Å²) in [6.45, 7) is 6.03. The molecule has 4 heteroatoms. The molecule has 0 unspecified atom stereocenters. The Morgan fingerprint density at radius 1 is 1.11 bits per heavy atom.